The van der Waals surface area contributed by atoms with Crippen LogP contribution in [0.4, 0.5) is 0 Å². The molecular weight excluding hydrogens is 901 g/mol. The second kappa shape index (κ2) is 62.4. The van der Waals surface area contributed by atoms with Crippen molar-refractivity contribution in [3.8, 4) is 0 Å². The van der Waals surface area contributed by atoms with Crippen LogP contribution in [0.15, 0.2) is 24.3 Å². The van der Waals surface area contributed by atoms with E-state index in [-0.39, 0.29) is 31.1 Å². The first kappa shape index (κ1) is 70.9. The van der Waals surface area contributed by atoms with E-state index in [1.54, 1.807) is 0 Å². The molecule has 0 unspecified atom stereocenters. The molecule has 0 heterocycles. The minimum absolute atomic E-state index is 0.0672. The van der Waals surface area contributed by atoms with E-state index in [0.29, 0.717) is 19.3 Å². The lowest BCUT2D eigenvalue weighted by molar-refractivity contribution is -0.167. The second-order valence-corrected chi connectivity index (χ2v) is 22.4. The molecule has 0 radical (unpaired) electrons. The third-order valence-corrected chi connectivity index (χ3v) is 14.9. The fourth-order valence-electron chi connectivity index (χ4n) is 9.97. The number of ether oxygens (including phenoxy) is 3. The normalized spacial score (nSPS) is 12.1. The lowest BCUT2D eigenvalue weighted by atomic mass is 10.0. The van der Waals surface area contributed by atoms with Gasteiger partial charge in [0.1, 0.15) is 13.2 Å². The predicted octanol–water partition coefficient (Wildman–Crippen LogP) is 22.2. The molecule has 0 fully saturated rings. The number of rotatable bonds is 61. The molecule has 1 atom stereocenters. The van der Waals surface area contributed by atoms with Gasteiger partial charge in [-0.2, -0.15) is 0 Å². The maximum atomic E-state index is 12.9. The average Bonchev–Trinajstić information content (AvgIpc) is 3.39. The second-order valence-electron chi connectivity index (χ2n) is 22.4. The number of carbonyl (C=O) groups is 3. The number of unbranched alkanes of at least 4 members (excludes halogenated alkanes) is 46. The lowest BCUT2D eigenvalue weighted by Crippen LogP contribution is -2.30. The van der Waals surface area contributed by atoms with Crippen molar-refractivity contribution >= 4 is 17.9 Å². The third kappa shape index (κ3) is 60.6. The summed E-state index contributed by atoms with van der Waals surface area (Å²) in [6.45, 7) is 6.70. The number of allylic oxidation sites excluding steroid dienone is 4. The smallest absolute Gasteiger partial charge is 0.306 e. The van der Waals surface area contributed by atoms with Gasteiger partial charge in [-0.1, -0.05) is 302 Å². The highest BCUT2D eigenvalue weighted by Gasteiger charge is 2.19. The molecule has 0 aliphatic heterocycles. The summed E-state index contributed by atoms with van der Waals surface area (Å²) in [5.74, 6) is -0.843. The van der Waals surface area contributed by atoms with Crippen LogP contribution in [0.3, 0.4) is 0 Å². The van der Waals surface area contributed by atoms with E-state index in [9.17, 15) is 14.4 Å². The third-order valence-electron chi connectivity index (χ3n) is 14.9. The molecule has 0 aromatic heterocycles. The van der Waals surface area contributed by atoms with Crippen molar-refractivity contribution in [1.29, 1.82) is 0 Å². The van der Waals surface area contributed by atoms with Gasteiger partial charge in [0.25, 0.3) is 0 Å². The van der Waals surface area contributed by atoms with E-state index in [1.807, 2.05) is 0 Å². The van der Waals surface area contributed by atoms with E-state index in [1.165, 1.54) is 270 Å². The van der Waals surface area contributed by atoms with Gasteiger partial charge in [0, 0.05) is 19.3 Å². The molecule has 430 valence electrons. The summed E-state index contributed by atoms with van der Waals surface area (Å²) < 4.78 is 17.0. The van der Waals surface area contributed by atoms with E-state index in [0.717, 1.165) is 57.8 Å². The van der Waals surface area contributed by atoms with Gasteiger partial charge in [0.15, 0.2) is 6.10 Å². The van der Waals surface area contributed by atoms with Gasteiger partial charge in [0.05, 0.1) is 0 Å². The zero-order valence-corrected chi connectivity index (χ0v) is 49.4. The van der Waals surface area contributed by atoms with Gasteiger partial charge in [-0.3, -0.25) is 14.4 Å². The fraction of sp³-hybridized carbons (Fsp3) is 0.896. The van der Waals surface area contributed by atoms with Crippen molar-refractivity contribution < 1.29 is 28.6 Å². The maximum absolute atomic E-state index is 12.9. The number of hydrogen-bond donors (Lipinski definition) is 0. The summed E-state index contributed by atoms with van der Waals surface area (Å²) in [6, 6.07) is 0. The van der Waals surface area contributed by atoms with Crippen molar-refractivity contribution in [3.63, 3.8) is 0 Å². The van der Waals surface area contributed by atoms with Gasteiger partial charge in [-0.25, -0.2) is 0 Å². The number of esters is 3. The van der Waals surface area contributed by atoms with E-state index in [2.05, 4.69) is 45.1 Å². The van der Waals surface area contributed by atoms with E-state index < -0.39 is 6.10 Å². The molecule has 0 saturated carbocycles. The molecule has 0 rings (SSSR count). The Morgan fingerprint density at radius 1 is 0.260 bits per heavy atom. The summed E-state index contributed by atoms with van der Waals surface area (Å²) in [6.07, 6.45) is 74.6. The van der Waals surface area contributed by atoms with Crippen LogP contribution in [-0.4, -0.2) is 37.2 Å². The zero-order chi connectivity index (χ0) is 52.9. The largest absolute Gasteiger partial charge is 0.462 e. The van der Waals surface area contributed by atoms with Crippen LogP contribution >= 0.6 is 0 Å². The lowest BCUT2D eigenvalue weighted by Gasteiger charge is -2.18. The number of hydrogen-bond acceptors (Lipinski definition) is 6. The van der Waals surface area contributed by atoms with Gasteiger partial charge < -0.3 is 14.2 Å². The first-order valence-corrected chi connectivity index (χ1v) is 32.8. The Labute approximate surface area is 455 Å². The molecule has 0 spiro atoms. The molecule has 0 amide bonds. The average molecular weight is 1030 g/mol. The Morgan fingerprint density at radius 2 is 0.452 bits per heavy atom. The van der Waals surface area contributed by atoms with Crippen LogP contribution in [0.1, 0.15) is 367 Å². The van der Waals surface area contributed by atoms with Gasteiger partial charge in [-0.15, -0.1) is 0 Å². The summed E-state index contributed by atoms with van der Waals surface area (Å²) in [7, 11) is 0. The molecule has 73 heavy (non-hydrogen) atoms. The van der Waals surface area contributed by atoms with Gasteiger partial charge in [0.2, 0.25) is 0 Å². The Morgan fingerprint density at radius 3 is 0.685 bits per heavy atom. The van der Waals surface area contributed by atoms with Crippen LogP contribution in [0.25, 0.3) is 0 Å². The molecule has 0 N–H and O–H groups in total. The number of carbonyl (C=O) groups excluding carboxylic acids is 3. The van der Waals surface area contributed by atoms with Gasteiger partial charge >= 0.3 is 17.9 Å². The minimum atomic E-state index is -0.770. The Kier molecular flexibility index (Phi) is 60.6. The molecule has 6 nitrogen and oxygen atoms in total. The van der Waals surface area contributed by atoms with Crippen LogP contribution in [0.5, 0.6) is 0 Å². The van der Waals surface area contributed by atoms with Crippen molar-refractivity contribution in [2.24, 2.45) is 0 Å². The standard InChI is InChI=1S/C67H126O6/c1-4-7-10-13-16-19-22-25-28-31-33-36-39-42-45-48-51-54-57-60-66(69)72-63-64(62-71-65(68)59-56-53-50-47-44-41-38-35-30-27-24-21-18-15-12-9-6-3)73-67(70)61-58-55-52-49-46-43-40-37-34-32-29-26-23-20-17-14-11-8-5-2/h25-26,28-29,64H,4-24,27,30-63H2,1-3H3/b28-25-,29-26-/t64-/m1/s1. The molecule has 0 saturated heterocycles. The van der Waals surface area contributed by atoms with Crippen molar-refractivity contribution in [1.82, 2.24) is 0 Å². The van der Waals surface area contributed by atoms with Crippen LogP contribution in [0.2, 0.25) is 0 Å². The first-order valence-electron chi connectivity index (χ1n) is 32.8. The minimum Gasteiger partial charge on any atom is -0.462 e. The molecular formula is C67H126O6. The quantitative estimate of drug-likeness (QED) is 0.0261. The molecule has 6 heteroatoms. The Balaban J connectivity index is 4.32. The topological polar surface area (TPSA) is 78.9 Å². The van der Waals surface area contributed by atoms with Crippen molar-refractivity contribution in [3.05, 3.63) is 24.3 Å². The summed E-state index contributed by atoms with van der Waals surface area (Å²) >= 11 is 0. The monoisotopic (exact) mass is 1030 g/mol. The summed E-state index contributed by atoms with van der Waals surface area (Å²) in [4.78, 5) is 38.4. The Hall–Kier alpha value is -2.11. The molecule has 0 aromatic rings. The van der Waals surface area contributed by atoms with Crippen LogP contribution in [-0.2, 0) is 28.6 Å². The zero-order valence-electron chi connectivity index (χ0n) is 49.4. The summed E-state index contributed by atoms with van der Waals surface area (Å²) in [5.41, 5.74) is 0. The molecule has 0 bridgehead atoms. The van der Waals surface area contributed by atoms with Crippen LogP contribution < -0.4 is 0 Å². The molecule has 0 aromatic carbocycles. The highest BCUT2D eigenvalue weighted by atomic mass is 16.6. The predicted molar refractivity (Wildman–Crippen MR) is 316 cm³/mol. The molecule has 0 aliphatic rings. The fourth-order valence-corrected chi connectivity index (χ4v) is 9.97. The first-order chi connectivity index (χ1) is 36.0. The van der Waals surface area contributed by atoms with Crippen molar-refractivity contribution in [2.75, 3.05) is 13.2 Å². The molecule has 0 aliphatic carbocycles. The van der Waals surface area contributed by atoms with E-state index in [4.69, 9.17) is 14.2 Å². The highest BCUT2D eigenvalue weighted by Crippen LogP contribution is 2.18. The summed E-state index contributed by atoms with van der Waals surface area (Å²) in [5, 5.41) is 0. The Bertz CT molecular complexity index is 1180. The van der Waals surface area contributed by atoms with E-state index >= 15 is 0 Å². The van der Waals surface area contributed by atoms with Gasteiger partial charge in [-0.05, 0) is 70.6 Å². The SMILES string of the molecule is CCCCCCCC/C=C\CCCCCCCCCCCC(=O)OC[C@@H](COC(=O)CCCCCCCCCCCCCCCCCCC)OC(=O)CCCCCCCCCCC/C=C\CCCCCCCC. The maximum Gasteiger partial charge on any atom is 0.306 e. The highest BCUT2D eigenvalue weighted by molar-refractivity contribution is 5.71. The van der Waals surface area contributed by atoms with Crippen molar-refractivity contribution in [2.45, 2.75) is 374 Å². The van der Waals surface area contributed by atoms with Crippen LogP contribution in [0, 0.1) is 0 Å².